The van der Waals surface area contributed by atoms with Crippen LogP contribution >= 0.6 is 0 Å². The Morgan fingerprint density at radius 3 is 2.83 bits per heavy atom. The van der Waals surface area contributed by atoms with E-state index < -0.39 is 0 Å². The van der Waals surface area contributed by atoms with Crippen molar-refractivity contribution in [1.82, 2.24) is 4.90 Å². The molecule has 4 nitrogen and oxygen atoms in total. The largest absolute Gasteiger partial charge is 0.345 e. The summed E-state index contributed by atoms with van der Waals surface area (Å²) in [6.07, 6.45) is 1.27. The van der Waals surface area contributed by atoms with E-state index in [2.05, 4.69) is 6.07 Å². The number of fused-ring (bicyclic) bond motifs is 1. The first-order valence-corrected chi connectivity index (χ1v) is 6.30. The highest BCUT2D eigenvalue weighted by Crippen LogP contribution is 2.30. The molecule has 2 aliphatic rings. The molecule has 0 N–H and O–H groups in total. The van der Waals surface area contributed by atoms with Gasteiger partial charge in [0, 0.05) is 32.2 Å². The van der Waals surface area contributed by atoms with Crippen LogP contribution in [0.1, 0.15) is 12.0 Å². The van der Waals surface area contributed by atoms with Crippen LogP contribution in [0.25, 0.3) is 0 Å². The zero-order valence-electron chi connectivity index (χ0n) is 10.4. The molecule has 0 aliphatic carbocycles. The summed E-state index contributed by atoms with van der Waals surface area (Å²) in [5.74, 6) is -0.00728. The third-order valence-corrected chi connectivity index (χ3v) is 3.84. The Labute approximate surface area is 106 Å². The molecular weight excluding hydrogens is 228 g/mol. The Bertz CT molecular complexity index is 512. The molecule has 1 saturated heterocycles. The molecule has 3 rings (SSSR count). The van der Waals surface area contributed by atoms with Crippen LogP contribution in [-0.2, 0) is 16.0 Å². The number of anilines is 1. The van der Waals surface area contributed by atoms with Crippen LogP contribution in [0.3, 0.4) is 0 Å². The number of para-hydroxylation sites is 1. The van der Waals surface area contributed by atoms with E-state index >= 15 is 0 Å². The van der Waals surface area contributed by atoms with E-state index in [1.54, 1.807) is 11.9 Å². The average molecular weight is 244 g/mol. The number of likely N-dealkylation sites (tertiary alicyclic amines) is 1. The fraction of sp³-hybridized carbons (Fsp3) is 0.429. The third kappa shape index (κ3) is 1.68. The van der Waals surface area contributed by atoms with Crippen LogP contribution in [0.5, 0.6) is 0 Å². The van der Waals surface area contributed by atoms with Gasteiger partial charge in [-0.05, 0) is 18.1 Å². The summed E-state index contributed by atoms with van der Waals surface area (Å²) < 4.78 is 0. The number of carbonyl (C=O) groups excluding carboxylic acids is 2. The molecule has 0 radical (unpaired) electrons. The van der Waals surface area contributed by atoms with Crippen LogP contribution in [0.4, 0.5) is 5.69 Å². The monoisotopic (exact) mass is 244 g/mol. The molecule has 1 fully saturated rings. The van der Waals surface area contributed by atoms with Gasteiger partial charge in [-0.1, -0.05) is 18.2 Å². The number of carbonyl (C=O) groups is 2. The lowest BCUT2D eigenvalue weighted by molar-refractivity contribution is -0.127. The van der Waals surface area contributed by atoms with Crippen LogP contribution < -0.4 is 4.90 Å². The van der Waals surface area contributed by atoms with Gasteiger partial charge in [0.05, 0.1) is 5.92 Å². The normalized spacial score (nSPS) is 22.5. The molecule has 0 aromatic heterocycles. The highest BCUT2D eigenvalue weighted by Gasteiger charge is 2.36. The SMILES string of the molecule is CN1C[C@@H](C(=O)N2CCc3ccccc32)CC1=O. The molecular formula is C14H16N2O2. The van der Waals surface area contributed by atoms with Crippen molar-refractivity contribution in [3.8, 4) is 0 Å². The van der Waals surface area contributed by atoms with E-state index in [1.165, 1.54) is 5.56 Å². The molecule has 4 heteroatoms. The first-order valence-electron chi connectivity index (χ1n) is 6.30. The maximum atomic E-state index is 12.4. The van der Waals surface area contributed by atoms with Crippen LogP contribution in [0.2, 0.25) is 0 Å². The van der Waals surface area contributed by atoms with Crippen molar-refractivity contribution in [3.05, 3.63) is 29.8 Å². The van der Waals surface area contributed by atoms with Crippen LogP contribution in [0, 0.1) is 5.92 Å². The van der Waals surface area contributed by atoms with Crippen molar-refractivity contribution in [2.45, 2.75) is 12.8 Å². The predicted molar refractivity (Wildman–Crippen MR) is 68.2 cm³/mol. The molecule has 0 saturated carbocycles. The van der Waals surface area contributed by atoms with Crippen molar-refractivity contribution in [2.75, 3.05) is 25.0 Å². The summed E-state index contributed by atoms with van der Waals surface area (Å²) >= 11 is 0. The van der Waals surface area contributed by atoms with Crippen LogP contribution in [-0.4, -0.2) is 36.9 Å². The van der Waals surface area contributed by atoms with Gasteiger partial charge in [-0.2, -0.15) is 0 Å². The highest BCUT2D eigenvalue weighted by atomic mass is 16.2. The van der Waals surface area contributed by atoms with Gasteiger partial charge < -0.3 is 9.80 Å². The second kappa shape index (κ2) is 4.12. The van der Waals surface area contributed by atoms with Gasteiger partial charge in [0.25, 0.3) is 0 Å². The van der Waals surface area contributed by atoms with E-state index in [-0.39, 0.29) is 17.7 Å². The number of amides is 2. The lowest BCUT2D eigenvalue weighted by Gasteiger charge is -2.20. The average Bonchev–Trinajstić information content (AvgIpc) is 2.93. The Kier molecular flexibility index (Phi) is 2.58. The first kappa shape index (κ1) is 11.3. The first-order chi connectivity index (χ1) is 8.66. The van der Waals surface area contributed by atoms with Gasteiger partial charge in [-0.3, -0.25) is 9.59 Å². The predicted octanol–water partition coefficient (Wildman–Crippen LogP) is 1.05. The van der Waals surface area contributed by atoms with Gasteiger partial charge in [0.15, 0.2) is 0 Å². The van der Waals surface area contributed by atoms with Crippen molar-refractivity contribution >= 4 is 17.5 Å². The molecule has 0 unspecified atom stereocenters. The molecule has 1 aromatic rings. The second-order valence-electron chi connectivity index (χ2n) is 5.04. The molecule has 1 aromatic carbocycles. The highest BCUT2D eigenvalue weighted by molar-refractivity contribution is 6.00. The van der Waals surface area contributed by atoms with E-state index in [4.69, 9.17) is 0 Å². The molecule has 18 heavy (non-hydrogen) atoms. The second-order valence-corrected chi connectivity index (χ2v) is 5.04. The number of hydrogen-bond acceptors (Lipinski definition) is 2. The Hall–Kier alpha value is -1.84. The third-order valence-electron chi connectivity index (χ3n) is 3.84. The molecule has 2 aliphatic heterocycles. The minimum Gasteiger partial charge on any atom is -0.345 e. The quantitative estimate of drug-likeness (QED) is 0.741. The smallest absolute Gasteiger partial charge is 0.232 e. The summed E-state index contributed by atoms with van der Waals surface area (Å²) in [5.41, 5.74) is 2.24. The van der Waals surface area contributed by atoms with Crippen LogP contribution in [0.15, 0.2) is 24.3 Å². The summed E-state index contributed by atoms with van der Waals surface area (Å²) in [4.78, 5) is 27.4. The lowest BCUT2D eigenvalue weighted by atomic mass is 10.1. The van der Waals surface area contributed by atoms with Crippen molar-refractivity contribution in [1.29, 1.82) is 0 Å². The standard InChI is InChI=1S/C14H16N2O2/c1-15-9-11(8-13(15)17)14(18)16-7-6-10-4-2-3-5-12(10)16/h2-5,11H,6-9H2,1H3/t11-/m0/s1. The topological polar surface area (TPSA) is 40.6 Å². The van der Waals surface area contributed by atoms with Gasteiger partial charge in [-0.25, -0.2) is 0 Å². The van der Waals surface area contributed by atoms with Gasteiger partial charge in [-0.15, -0.1) is 0 Å². The van der Waals surface area contributed by atoms with Gasteiger partial charge in [0.2, 0.25) is 11.8 Å². The minimum atomic E-state index is -0.173. The Morgan fingerprint density at radius 1 is 1.33 bits per heavy atom. The van der Waals surface area contributed by atoms with Crippen molar-refractivity contribution in [2.24, 2.45) is 5.92 Å². The number of benzene rings is 1. The van der Waals surface area contributed by atoms with Crippen molar-refractivity contribution in [3.63, 3.8) is 0 Å². The summed E-state index contributed by atoms with van der Waals surface area (Å²) in [5, 5.41) is 0. The molecule has 2 heterocycles. The molecule has 0 spiro atoms. The van der Waals surface area contributed by atoms with E-state index in [9.17, 15) is 9.59 Å². The van der Waals surface area contributed by atoms with Gasteiger partial charge in [0.1, 0.15) is 0 Å². The maximum Gasteiger partial charge on any atom is 0.232 e. The molecule has 2 amide bonds. The summed E-state index contributed by atoms with van der Waals surface area (Å²) in [7, 11) is 1.76. The summed E-state index contributed by atoms with van der Waals surface area (Å²) in [6, 6.07) is 8.01. The Balaban J connectivity index is 1.81. The number of nitrogens with zero attached hydrogens (tertiary/aromatic N) is 2. The zero-order valence-corrected chi connectivity index (χ0v) is 10.4. The minimum absolute atomic E-state index is 0.0702. The zero-order chi connectivity index (χ0) is 12.7. The fourth-order valence-corrected chi connectivity index (χ4v) is 2.82. The molecule has 1 atom stereocenters. The number of hydrogen-bond donors (Lipinski definition) is 0. The summed E-state index contributed by atoms with van der Waals surface area (Å²) in [6.45, 7) is 1.29. The lowest BCUT2D eigenvalue weighted by Crippen LogP contribution is -2.35. The van der Waals surface area contributed by atoms with E-state index in [1.807, 2.05) is 23.1 Å². The van der Waals surface area contributed by atoms with Crippen molar-refractivity contribution < 1.29 is 9.59 Å². The Morgan fingerprint density at radius 2 is 2.11 bits per heavy atom. The molecule has 0 bridgehead atoms. The number of rotatable bonds is 1. The van der Waals surface area contributed by atoms with E-state index in [0.29, 0.717) is 13.0 Å². The van der Waals surface area contributed by atoms with Gasteiger partial charge >= 0.3 is 0 Å². The maximum absolute atomic E-state index is 12.4. The van der Waals surface area contributed by atoms with E-state index in [0.717, 1.165) is 18.7 Å². The molecule has 94 valence electrons. The fourth-order valence-electron chi connectivity index (χ4n) is 2.82.